The molecule has 1 nitrogen and oxygen atoms in total. The highest BCUT2D eigenvalue weighted by Crippen LogP contribution is 2.37. The summed E-state index contributed by atoms with van der Waals surface area (Å²) in [4.78, 5) is 0. The molecule has 0 amide bonds. The van der Waals surface area contributed by atoms with Crippen LogP contribution in [-0.2, 0) is 0 Å². The van der Waals surface area contributed by atoms with E-state index in [9.17, 15) is 0 Å². The molecule has 0 aliphatic rings. The Kier molecular flexibility index (Phi) is 1.85. The van der Waals surface area contributed by atoms with Gasteiger partial charge in [-0.3, -0.25) is 0 Å². The molecule has 0 atom stereocenters. The van der Waals surface area contributed by atoms with Gasteiger partial charge in [-0.25, -0.2) is 0 Å². The Hall–Kier alpha value is 0.200. The highest BCUT2D eigenvalue weighted by Gasteiger charge is 2.10. The summed E-state index contributed by atoms with van der Waals surface area (Å²) in [6.07, 6.45) is 0. The number of rotatable bonds is 0. The molecule has 4 heteroatoms. The van der Waals surface area contributed by atoms with Gasteiger partial charge in [0.2, 0.25) is 0 Å². The molecule has 11 heavy (non-hydrogen) atoms. The molecular formula is C7H4Br2OS. The van der Waals surface area contributed by atoms with Gasteiger partial charge in [-0.1, -0.05) is 0 Å². The van der Waals surface area contributed by atoms with Crippen LogP contribution >= 0.6 is 43.2 Å². The Morgan fingerprint density at radius 3 is 2.82 bits per heavy atom. The normalized spacial score (nSPS) is 11.2. The molecule has 0 aliphatic carbocycles. The van der Waals surface area contributed by atoms with Crippen molar-refractivity contribution in [2.75, 3.05) is 0 Å². The fraction of sp³-hybridized carbons (Fsp3) is 0.143. The number of hydrogen-bond acceptors (Lipinski definition) is 2. The molecule has 0 saturated heterocycles. The van der Waals surface area contributed by atoms with Crippen LogP contribution in [-0.4, -0.2) is 0 Å². The van der Waals surface area contributed by atoms with E-state index in [1.54, 1.807) is 11.3 Å². The minimum Gasteiger partial charge on any atom is -0.448 e. The number of hydrogen-bond donors (Lipinski definition) is 0. The quantitative estimate of drug-likeness (QED) is 0.705. The van der Waals surface area contributed by atoms with Crippen LogP contribution in [0.1, 0.15) is 5.56 Å². The van der Waals surface area contributed by atoms with E-state index in [0.29, 0.717) is 0 Å². The molecule has 0 aromatic carbocycles. The molecule has 0 unspecified atom stereocenters. The van der Waals surface area contributed by atoms with Crippen LogP contribution in [0.5, 0.6) is 0 Å². The third-order valence-corrected chi connectivity index (χ3v) is 4.00. The lowest BCUT2D eigenvalue weighted by Crippen LogP contribution is -1.59. The van der Waals surface area contributed by atoms with Crippen molar-refractivity contribution in [1.82, 2.24) is 0 Å². The highest BCUT2D eigenvalue weighted by molar-refractivity contribution is 9.11. The molecular weight excluding hydrogens is 292 g/mol. The molecule has 0 saturated carbocycles. The maximum absolute atomic E-state index is 5.42. The molecule has 0 aliphatic heterocycles. The zero-order valence-electron chi connectivity index (χ0n) is 5.65. The molecule has 2 aromatic rings. The van der Waals surface area contributed by atoms with Gasteiger partial charge in [-0.2, -0.15) is 0 Å². The summed E-state index contributed by atoms with van der Waals surface area (Å²) in [6.45, 7) is 2.04. The van der Waals surface area contributed by atoms with Crippen molar-refractivity contribution in [2.24, 2.45) is 0 Å². The summed E-state index contributed by atoms with van der Waals surface area (Å²) < 4.78 is 8.58. The number of furan rings is 1. The van der Waals surface area contributed by atoms with Gasteiger partial charge in [0.25, 0.3) is 0 Å². The summed E-state index contributed by atoms with van der Waals surface area (Å²) in [7, 11) is 0. The summed E-state index contributed by atoms with van der Waals surface area (Å²) in [5, 5.41) is 0. The Morgan fingerprint density at radius 2 is 2.18 bits per heavy atom. The summed E-state index contributed by atoms with van der Waals surface area (Å²) in [5.41, 5.74) is 2.13. The van der Waals surface area contributed by atoms with Crippen molar-refractivity contribution < 1.29 is 4.42 Å². The van der Waals surface area contributed by atoms with E-state index in [2.05, 4.69) is 31.9 Å². The first-order valence-electron chi connectivity index (χ1n) is 3.02. The molecule has 0 N–H and O–H groups in total. The van der Waals surface area contributed by atoms with Gasteiger partial charge in [0.1, 0.15) is 5.58 Å². The van der Waals surface area contributed by atoms with Crippen LogP contribution in [0.25, 0.3) is 10.3 Å². The first-order chi connectivity index (χ1) is 5.18. The van der Waals surface area contributed by atoms with Crippen molar-refractivity contribution in [3.05, 3.63) is 20.1 Å². The third-order valence-electron chi connectivity index (χ3n) is 1.50. The number of aryl methyl sites for hydroxylation is 1. The standard InChI is InChI=1S/C7H4Br2OS/c1-3-6-4(10-7(3)9)2-5(8)11-6/h2H,1H3. The van der Waals surface area contributed by atoms with Crippen LogP contribution < -0.4 is 0 Å². The zero-order valence-corrected chi connectivity index (χ0v) is 9.64. The maximum Gasteiger partial charge on any atom is 0.174 e. The van der Waals surface area contributed by atoms with Crippen LogP contribution in [0.4, 0.5) is 0 Å². The lowest BCUT2D eigenvalue weighted by Gasteiger charge is -1.81. The molecule has 0 bridgehead atoms. The van der Waals surface area contributed by atoms with E-state index in [0.717, 1.165) is 14.0 Å². The Bertz CT molecular complexity index is 402. The highest BCUT2D eigenvalue weighted by atomic mass is 79.9. The van der Waals surface area contributed by atoms with Gasteiger partial charge in [-0.05, 0) is 38.8 Å². The second-order valence-corrected chi connectivity index (χ2v) is 5.40. The smallest absolute Gasteiger partial charge is 0.174 e. The topological polar surface area (TPSA) is 13.1 Å². The predicted octanol–water partition coefficient (Wildman–Crippen LogP) is 4.33. The number of fused-ring (bicyclic) bond motifs is 1. The van der Waals surface area contributed by atoms with Crippen LogP contribution in [0, 0.1) is 6.92 Å². The second-order valence-electron chi connectivity index (χ2n) is 2.24. The van der Waals surface area contributed by atoms with E-state index in [-0.39, 0.29) is 0 Å². The first kappa shape index (κ1) is 7.83. The van der Waals surface area contributed by atoms with Crippen LogP contribution in [0.15, 0.2) is 18.9 Å². The van der Waals surface area contributed by atoms with E-state index in [1.165, 1.54) is 10.3 Å². The van der Waals surface area contributed by atoms with E-state index in [1.807, 2.05) is 13.0 Å². The second kappa shape index (κ2) is 2.61. The molecule has 2 rings (SSSR count). The molecule has 2 aromatic heterocycles. The van der Waals surface area contributed by atoms with Gasteiger partial charge >= 0.3 is 0 Å². The van der Waals surface area contributed by atoms with Crippen molar-refractivity contribution >= 4 is 53.5 Å². The average Bonchev–Trinajstić information content (AvgIpc) is 2.37. The first-order valence-corrected chi connectivity index (χ1v) is 5.42. The molecule has 0 fully saturated rings. The third kappa shape index (κ3) is 1.17. The molecule has 0 radical (unpaired) electrons. The Labute approximate surface area is 84.6 Å². The SMILES string of the molecule is Cc1c(Br)oc2cc(Br)sc12. The molecule has 0 spiro atoms. The van der Waals surface area contributed by atoms with Crippen molar-refractivity contribution in [2.45, 2.75) is 6.92 Å². The van der Waals surface area contributed by atoms with Gasteiger partial charge in [-0.15, -0.1) is 11.3 Å². The Morgan fingerprint density at radius 1 is 1.45 bits per heavy atom. The maximum atomic E-state index is 5.42. The lowest BCUT2D eigenvalue weighted by atomic mass is 10.4. The van der Waals surface area contributed by atoms with Gasteiger partial charge in [0.15, 0.2) is 4.67 Å². The van der Waals surface area contributed by atoms with Crippen LogP contribution in [0.3, 0.4) is 0 Å². The minimum atomic E-state index is 0.839. The predicted molar refractivity (Wildman–Crippen MR) is 54.2 cm³/mol. The minimum absolute atomic E-state index is 0.839. The summed E-state index contributed by atoms with van der Waals surface area (Å²) in [5.74, 6) is 0. The summed E-state index contributed by atoms with van der Waals surface area (Å²) >= 11 is 8.44. The van der Waals surface area contributed by atoms with Crippen molar-refractivity contribution in [3.63, 3.8) is 0 Å². The molecule has 2 heterocycles. The van der Waals surface area contributed by atoms with Gasteiger partial charge in [0, 0.05) is 11.6 Å². The van der Waals surface area contributed by atoms with Gasteiger partial charge in [0.05, 0.1) is 8.49 Å². The number of thiophene rings is 1. The largest absolute Gasteiger partial charge is 0.448 e. The van der Waals surface area contributed by atoms with E-state index < -0.39 is 0 Å². The Balaban J connectivity index is 2.88. The van der Waals surface area contributed by atoms with Crippen molar-refractivity contribution in [1.29, 1.82) is 0 Å². The van der Waals surface area contributed by atoms with E-state index in [4.69, 9.17) is 4.42 Å². The van der Waals surface area contributed by atoms with E-state index >= 15 is 0 Å². The number of halogens is 2. The zero-order chi connectivity index (χ0) is 8.01. The van der Waals surface area contributed by atoms with Crippen molar-refractivity contribution in [3.8, 4) is 0 Å². The monoisotopic (exact) mass is 294 g/mol. The van der Waals surface area contributed by atoms with Gasteiger partial charge < -0.3 is 4.42 Å². The summed E-state index contributed by atoms with van der Waals surface area (Å²) in [6, 6.07) is 1.98. The van der Waals surface area contributed by atoms with Crippen LogP contribution in [0.2, 0.25) is 0 Å². The average molecular weight is 296 g/mol. The fourth-order valence-electron chi connectivity index (χ4n) is 0.945. The molecule has 58 valence electrons. The fourth-order valence-corrected chi connectivity index (χ4v) is 2.95. The lowest BCUT2D eigenvalue weighted by molar-refractivity contribution is 0.584.